The van der Waals surface area contributed by atoms with Crippen LogP contribution in [0.1, 0.15) is 30.1 Å². The third-order valence-corrected chi connectivity index (χ3v) is 4.46. The lowest BCUT2D eigenvalue weighted by Gasteiger charge is -2.33. The lowest BCUT2D eigenvalue weighted by atomic mass is 9.82. The van der Waals surface area contributed by atoms with Crippen LogP contribution in [0.4, 0.5) is 0 Å². The standard InChI is InChI=1S/C12H13ClINO/c1-7-4-9(5-7)15-12(16)8-2-3-11(14)10(13)6-8/h2-3,6-7,9H,4-5H2,1H3,(H,15,16). The number of rotatable bonds is 2. The topological polar surface area (TPSA) is 29.1 Å². The van der Waals surface area contributed by atoms with E-state index in [2.05, 4.69) is 34.8 Å². The Hall–Kier alpha value is -0.290. The summed E-state index contributed by atoms with van der Waals surface area (Å²) in [7, 11) is 0. The van der Waals surface area contributed by atoms with Gasteiger partial charge in [0.2, 0.25) is 0 Å². The second kappa shape index (κ2) is 4.92. The number of amides is 1. The van der Waals surface area contributed by atoms with Gasteiger partial charge in [0.25, 0.3) is 5.91 Å². The maximum Gasteiger partial charge on any atom is 0.251 e. The predicted octanol–water partition coefficient (Wildman–Crippen LogP) is 3.47. The molecule has 1 aromatic carbocycles. The number of carbonyl (C=O) groups is 1. The van der Waals surface area contributed by atoms with Gasteiger partial charge in [0, 0.05) is 15.2 Å². The van der Waals surface area contributed by atoms with Crippen molar-refractivity contribution in [3.05, 3.63) is 32.4 Å². The van der Waals surface area contributed by atoms with E-state index in [1.54, 1.807) is 6.07 Å². The first kappa shape index (κ1) is 12.2. The van der Waals surface area contributed by atoms with Gasteiger partial charge in [-0.05, 0) is 59.5 Å². The number of hydrogen-bond acceptors (Lipinski definition) is 1. The molecular formula is C12H13ClINO. The summed E-state index contributed by atoms with van der Waals surface area (Å²) >= 11 is 8.13. The molecule has 0 atom stereocenters. The average molecular weight is 350 g/mol. The van der Waals surface area contributed by atoms with Gasteiger partial charge in [0.05, 0.1) is 5.02 Å². The predicted molar refractivity (Wildman–Crippen MR) is 73.8 cm³/mol. The number of carbonyl (C=O) groups excluding carboxylic acids is 1. The van der Waals surface area contributed by atoms with Crippen LogP contribution in [0, 0.1) is 9.49 Å². The van der Waals surface area contributed by atoms with Gasteiger partial charge in [0.15, 0.2) is 0 Å². The molecule has 0 radical (unpaired) electrons. The minimum Gasteiger partial charge on any atom is -0.349 e. The van der Waals surface area contributed by atoms with E-state index in [4.69, 9.17) is 11.6 Å². The van der Waals surface area contributed by atoms with E-state index >= 15 is 0 Å². The fourth-order valence-corrected chi connectivity index (χ4v) is 2.44. The normalized spacial score (nSPS) is 23.7. The zero-order valence-corrected chi connectivity index (χ0v) is 11.9. The molecule has 1 N–H and O–H groups in total. The third-order valence-electron chi connectivity index (χ3n) is 2.89. The first-order chi connectivity index (χ1) is 7.56. The zero-order chi connectivity index (χ0) is 11.7. The molecule has 0 bridgehead atoms. The van der Waals surface area contributed by atoms with E-state index in [0.29, 0.717) is 16.6 Å². The quantitative estimate of drug-likeness (QED) is 0.814. The van der Waals surface area contributed by atoms with Gasteiger partial charge in [-0.15, -0.1) is 0 Å². The van der Waals surface area contributed by atoms with E-state index in [1.165, 1.54) is 0 Å². The lowest BCUT2D eigenvalue weighted by molar-refractivity contribution is 0.0896. The van der Waals surface area contributed by atoms with Gasteiger partial charge in [-0.3, -0.25) is 4.79 Å². The summed E-state index contributed by atoms with van der Waals surface area (Å²) in [6.45, 7) is 2.20. The third kappa shape index (κ3) is 2.69. The summed E-state index contributed by atoms with van der Waals surface area (Å²) < 4.78 is 0.966. The maximum absolute atomic E-state index is 11.8. The van der Waals surface area contributed by atoms with Gasteiger partial charge in [-0.2, -0.15) is 0 Å². The molecule has 0 saturated heterocycles. The Labute approximate surface area is 114 Å². The second-order valence-electron chi connectivity index (χ2n) is 4.38. The van der Waals surface area contributed by atoms with Crippen LogP contribution in [0.25, 0.3) is 0 Å². The van der Waals surface area contributed by atoms with Crippen molar-refractivity contribution < 1.29 is 4.79 Å². The van der Waals surface area contributed by atoms with Gasteiger partial charge < -0.3 is 5.32 Å². The highest BCUT2D eigenvalue weighted by Crippen LogP contribution is 2.27. The van der Waals surface area contributed by atoms with Crippen molar-refractivity contribution >= 4 is 40.1 Å². The highest BCUT2D eigenvalue weighted by molar-refractivity contribution is 14.1. The van der Waals surface area contributed by atoms with Crippen LogP contribution in [0.15, 0.2) is 18.2 Å². The Bertz CT molecular complexity index is 415. The van der Waals surface area contributed by atoms with Crippen molar-refractivity contribution in [1.29, 1.82) is 0 Å². The van der Waals surface area contributed by atoms with Crippen LogP contribution in [-0.4, -0.2) is 11.9 Å². The van der Waals surface area contributed by atoms with Crippen LogP contribution >= 0.6 is 34.2 Å². The highest BCUT2D eigenvalue weighted by Gasteiger charge is 2.26. The van der Waals surface area contributed by atoms with Gasteiger partial charge in [-0.25, -0.2) is 0 Å². The molecule has 16 heavy (non-hydrogen) atoms. The van der Waals surface area contributed by atoms with Crippen LogP contribution in [0.5, 0.6) is 0 Å². The Morgan fingerprint density at radius 1 is 1.50 bits per heavy atom. The number of nitrogens with one attached hydrogen (secondary N) is 1. The SMILES string of the molecule is CC1CC(NC(=O)c2ccc(I)c(Cl)c2)C1. The van der Waals surface area contributed by atoms with E-state index in [-0.39, 0.29) is 5.91 Å². The molecule has 0 unspecified atom stereocenters. The molecule has 0 spiro atoms. The maximum atomic E-state index is 11.8. The Morgan fingerprint density at radius 3 is 2.75 bits per heavy atom. The summed E-state index contributed by atoms with van der Waals surface area (Å²) in [4.78, 5) is 11.8. The summed E-state index contributed by atoms with van der Waals surface area (Å²) in [6, 6.07) is 5.74. The summed E-state index contributed by atoms with van der Waals surface area (Å²) in [6.07, 6.45) is 2.17. The molecule has 2 rings (SSSR count). The number of benzene rings is 1. The molecule has 86 valence electrons. The number of halogens is 2. The molecule has 1 saturated carbocycles. The monoisotopic (exact) mass is 349 g/mol. The lowest BCUT2D eigenvalue weighted by Crippen LogP contribution is -2.43. The first-order valence-electron chi connectivity index (χ1n) is 5.32. The van der Waals surface area contributed by atoms with Crippen LogP contribution < -0.4 is 5.32 Å². The zero-order valence-electron chi connectivity index (χ0n) is 8.97. The molecule has 0 aliphatic heterocycles. The van der Waals surface area contributed by atoms with E-state index in [0.717, 1.165) is 22.3 Å². The summed E-state index contributed by atoms with van der Waals surface area (Å²) in [5, 5.41) is 3.64. The Morgan fingerprint density at radius 2 is 2.19 bits per heavy atom. The smallest absolute Gasteiger partial charge is 0.251 e. The van der Waals surface area contributed by atoms with Gasteiger partial charge >= 0.3 is 0 Å². The highest BCUT2D eigenvalue weighted by atomic mass is 127. The molecule has 1 aliphatic rings. The minimum absolute atomic E-state index is 0.0183. The summed E-state index contributed by atoms with van der Waals surface area (Å²) in [5.41, 5.74) is 0.643. The van der Waals surface area contributed by atoms with Crippen LogP contribution in [0.2, 0.25) is 5.02 Å². The second-order valence-corrected chi connectivity index (χ2v) is 5.95. The van der Waals surface area contributed by atoms with Crippen molar-refractivity contribution in [2.45, 2.75) is 25.8 Å². The van der Waals surface area contributed by atoms with E-state index in [1.807, 2.05) is 12.1 Å². The summed E-state index contributed by atoms with van der Waals surface area (Å²) in [5.74, 6) is 0.723. The fourth-order valence-electron chi connectivity index (χ4n) is 1.93. The molecule has 1 amide bonds. The van der Waals surface area contributed by atoms with Gasteiger partial charge in [0.1, 0.15) is 0 Å². The molecule has 0 aromatic heterocycles. The van der Waals surface area contributed by atoms with Gasteiger partial charge in [-0.1, -0.05) is 18.5 Å². The fraction of sp³-hybridized carbons (Fsp3) is 0.417. The van der Waals surface area contributed by atoms with Crippen molar-refractivity contribution in [2.24, 2.45) is 5.92 Å². The van der Waals surface area contributed by atoms with Crippen LogP contribution in [-0.2, 0) is 0 Å². The van der Waals surface area contributed by atoms with Crippen LogP contribution in [0.3, 0.4) is 0 Å². The van der Waals surface area contributed by atoms with E-state index in [9.17, 15) is 4.79 Å². The molecule has 0 heterocycles. The van der Waals surface area contributed by atoms with Crippen molar-refractivity contribution in [2.75, 3.05) is 0 Å². The Kier molecular flexibility index (Phi) is 3.74. The number of hydrogen-bond donors (Lipinski definition) is 1. The van der Waals surface area contributed by atoms with E-state index < -0.39 is 0 Å². The molecule has 1 fully saturated rings. The first-order valence-corrected chi connectivity index (χ1v) is 6.78. The van der Waals surface area contributed by atoms with Crippen molar-refractivity contribution in [1.82, 2.24) is 5.32 Å². The van der Waals surface area contributed by atoms with Crippen molar-refractivity contribution in [3.8, 4) is 0 Å². The molecule has 4 heteroatoms. The van der Waals surface area contributed by atoms with Crippen molar-refractivity contribution in [3.63, 3.8) is 0 Å². The Balaban J connectivity index is 2.01. The average Bonchev–Trinajstić information content (AvgIpc) is 2.19. The largest absolute Gasteiger partial charge is 0.349 e. The molecule has 2 nitrogen and oxygen atoms in total. The molecule has 1 aromatic rings. The minimum atomic E-state index is -0.0183. The molecular weight excluding hydrogens is 336 g/mol. The molecule has 1 aliphatic carbocycles.